The summed E-state index contributed by atoms with van der Waals surface area (Å²) in [6, 6.07) is 5.83. The van der Waals surface area contributed by atoms with Crippen molar-refractivity contribution in [3.63, 3.8) is 0 Å². The van der Waals surface area contributed by atoms with Crippen molar-refractivity contribution in [2.45, 2.75) is 19.8 Å². The second-order valence-corrected chi connectivity index (χ2v) is 4.57. The Bertz CT molecular complexity index is 440. The van der Waals surface area contributed by atoms with Crippen LogP contribution in [0.25, 0.3) is 10.7 Å². The lowest BCUT2D eigenvalue weighted by Crippen LogP contribution is -1.94. The summed E-state index contributed by atoms with van der Waals surface area (Å²) in [5.74, 6) is 0.737. The van der Waals surface area contributed by atoms with Gasteiger partial charge in [-0.3, -0.25) is 0 Å². The van der Waals surface area contributed by atoms with Crippen molar-refractivity contribution in [3.8, 4) is 10.7 Å². The van der Waals surface area contributed by atoms with E-state index in [-0.39, 0.29) is 0 Å². The zero-order chi connectivity index (χ0) is 10.7. The second-order valence-electron chi connectivity index (χ2n) is 3.23. The average Bonchev–Trinajstić information content (AvgIpc) is 2.70. The number of hydrogen-bond acceptors (Lipinski definition) is 3. The largest absolute Gasteiger partial charge is 0.232 e. The lowest BCUT2D eigenvalue weighted by Gasteiger charge is -2.02. The molecule has 0 N–H and O–H groups in total. The number of halogens is 1. The van der Waals surface area contributed by atoms with Gasteiger partial charge in [-0.1, -0.05) is 31.0 Å². The summed E-state index contributed by atoms with van der Waals surface area (Å²) in [6.45, 7) is 2.13. The van der Waals surface area contributed by atoms with Gasteiger partial charge in [-0.15, -0.1) is 11.3 Å². The third-order valence-electron chi connectivity index (χ3n) is 2.00. The molecule has 0 aliphatic carbocycles. The molecule has 0 amide bonds. The fraction of sp³-hybridized carbons (Fsp3) is 0.273. The molecule has 0 spiro atoms. The average molecular weight is 239 g/mol. The van der Waals surface area contributed by atoms with Crippen LogP contribution in [0.2, 0.25) is 5.15 Å². The van der Waals surface area contributed by atoms with E-state index in [2.05, 4.69) is 16.9 Å². The van der Waals surface area contributed by atoms with E-state index in [0.717, 1.165) is 29.2 Å². The van der Waals surface area contributed by atoms with Crippen molar-refractivity contribution in [3.05, 3.63) is 34.4 Å². The molecule has 2 heterocycles. The smallest absolute Gasteiger partial charge is 0.171 e. The van der Waals surface area contributed by atoms with Crippen molar-refractivity contribution >= 4 is 22.9 Å². The van der Waals surface area contributed by atoms with Crippen LogP contribution in [-0.4, -0.2) is 9.97 Å². The van der Waals surface area contributed by atoms with Gasteiger partial charge in [0.05, 0.1) is 4.88 Å². The van der Waals surface area contributed by atoms with E-state index in [1.165, 1.54) is 0 Å². The Morgan fingerprint density at radius 2 is 2.27 bits per heavy atom. The fourth-order valence-corrected chi connectivity index (χ4v) is 2.23. The molecule has 0 radical (unpaired) electrons. The third-order valence-corrected chi connectivity index (χ3v) is 3.06. The van der Waals surface area contributed by atoms with Crippen LogP contribution in [0.5, 0.6) is 0 Å². The minimum atomic E-state index is 0.525. The van der Waals surface area contributed by atoms with E-state index in [0.29, 0.717) is 5.15 Å². The minimum Gasteiger partial charge on any atom is -0.232 e. The van der Waals surface area contributed by atoms with E-state index in [1.54, 1.807) is 11.3 Å². The van der Waals surface area contributed by atoms with E-state index < -0.39 is 0 Å². The zero-order valence-electron chi connectivity index (χ0n) is 8.40. The first-order chi connectivity index (χ1) is 7.29. The van der Waals surface area contributed by atoms with E-state index in [4.69, 9.17) is 11.6 Å². The lowest BCUT2D eigenvalue weighted by molar-refractivity contribution is 0.876. The van der Waals surface area contributed by atoms with Gasteiger partial charge in [0.1, 0.15) is 5.15 Å². The summed E-state index contributed by atoms with van der Waals surface area (Å²) in [6.07, 6.45) is 2.01. The molecule has 2 nitrogen and oxygen atoms in total. The molecule has 0 aliphatic rings. The molecule has 2 aromatic rings. The molecule has 0 bridgehead atoms. The molecule has 0 aromatic carbocycles. The van der Waals surface area contributed by atoms with Crippen LogP contribution in [0.3, 0.4) is 0 Å². The Morgan fingerprint density at radius 3 is 2.93 bits per heavy atom. The molecule has 15 heavy (non-hydrogen) atoms. The van der Waals surface area contributed by atoms with Gasteiger partial charge in [0.25, 0.3) is 0 Å². The van der Waals surface area contributed by atoms with Crippen LogP contribution in [0.4, 0.5) is 0 Å². The van der Waals surface area contributed by atoms with Gasteiger partial charge in [-0.2, -0.15) is 0 Å². The van der Waals surface area contributed by atoms with Gasteiger partial charge in [-0.05, 0) is 23.9 Å². The van der Waals surface area contributed by atoms with Crippen LogP contribution in [0.15, 0.2) is 23.6 Å². The maximum absolute atomic E-state index is 5.96. The molecule has 0 saturated heterocycles. The molecule has 0 aliphatic heterocycles. The number of aryl methyl sites for hydroxylation is 1. The number of hydrogen-bond donors (Lipinski definition) is 0. The van der Waals surface area contributed by atoms with Crippen molar-refractivity contribution in [2.24, 2.45) is 0 Å². The highest BCUT2D eigenvalue weighted by Crippen LogP contribution is 2.23. The quantitative estimate of drug-likeness (QED) is 0.760. The Balaban J connectivity index is 2.40. The third kappa shape index (κ3) is 2.55. The van der Waals surface area contributed by atoms with E-state index >= 15 is 0 Å². The molecule has 78 valence electrons. The van der Waals surface area contributed by atoms with Gasteiger partial charge in [0.2, 0.25) is 0 Å². The molecule has 2 rings (SSSR count). The second kappa shape index (κ2) is 4.73. The van der Waals surface area contributed by atoms with Crippen LogP contribution in [0.1, 0.15) is 19.0 Å². The predicted octanol–water partition coefficient (Wildman–Crippen LogP) is 3.81. The first-order valence-electron chi connectivity index (χ1n) is 4.87. The Morgan fingerprint density at radius 1 is 1.40 bits per heavy atom. The molecular weight excluding hydrogens is 228 g/mol. The Labute approximate surface area is 98.0 Å². The van der Waals surface area contributed by atoms with Gasteiger partial charge >= 0.3 is 0 Å². The topological polar surface area (TPSA) is 25.8 Å². The standard InChI is InChI=1S/C11H11ClN2S/c1-2-4-8-7-10(12)14-11(13-8)9-5-3-6-15-9/h3,5-7H,2,4H2,1H3. The Kier molecular flexibility index (Phi) is 3.34. The molecule has 2 aromatic heterocycles. The van der Waals surface area contributed by atoms with Crippen LogP contribution >= 0.6 is 22.9 Å². The van der Waals surface area contributed by atoms with Gasteiger partial charge in [0, 0.05) is 5.69 Å². The highest BCUT2D eigenvalue weighted by molar-refractivity contribution is 7.13. The minimum absolute atomic E-state index is 0.525. The summed E-state index contributed by atoms with van der Waals surface area (Å²) in [5, 5.41) is 2.54. The summed E-state index contributed by atoms with van der Waals surface area (Å²) >= 11 is 7.58. The highest BCUT2D eigenvalue weighted by atomic mass is 35.5. The maximum Gasteiger partial charge on any atom is 0.171 e. The Hall–Kier alpha value is -0.930. The summed E-state index contributed by atoms with van der Waals surface area (Å²) in [5.41, 5.74) is 1.01. The van der Waals surface area contributed by atoms with Crippen molar-refractivity contribution in [2.75, 3.05) is 0 Å². The highest BCUT2D eigenvalue weighted by Gasteiger charge is 2.05. The number of nitrogens with zero attached hydrogens (tertiary/aromatic N) is 2. The molecular formula is C11H11ClN2S. The molecule has 0 atom stereocenters. The summed E-state index contributed by atoms with van der Waals surface area (Å²) in [4.78, 5) is 9.77. The lowest BCUT2D eigenvalue weighted by atomic mass is 10.2. The maximum atomic E-state index is 5.96. The first kappa shape index (κ1) is 10.6. The molecule has 0 unspecified atom stereocenters. The number of aromatic nitrogens is 2. The van der Waals surface area contributed by atoms with Crippen molar-refractivity contribution in [1.82, 2.24) is 9.97 Å². The zero-order valence-corrected chi connectivity index (χ0v) is 9.98. The van der Waals surface area contributed by atoms with Crippen LogP contribution in [-0.2, 0) is 6.42 Å². The SMILES string of the molecule is CCCc1cc(Cl)nc(-c2cccs2)n1. The summed E-state index contributed by atoms with van der Waals surface area (Å²) < 4.78 is 0. The predicted molar refractivity (Wildman–Crippen MR) is 64.4 cm³/mol. The molecule has 0 saturated carbocycles. The summed E-state index contributed by atoms with van der Waals surface area (Å²) in [7, 11) is 0. The number of thiophene rings is 1. The normalized spacial score (nSPS) is 10.5. The van der Waals surface area contributed by atoms with Gasteiger partial charge in [0.15, 0.2) is 5.82 Å². The van der Waals surface area contributed by atoms with E-state index in [1.807, 2.05) is 23.6 Å². The van der Waals surface area contributed by atoms with Gasteiger partial charge in [-0.25, -0.2) is 9.97 Å². The van der Waals surface area contributed by atoms with E-state index in [9.17, 15) is 0 Å². The van der Waals surface area contributed by atoms with Crippen LogP contribution < -0.4 is 0 Å². The molecule has 4 heteroatoms. The fourth-order valence-electron chi connectivity index (χ4n) is 1.36. The van der Waals surface area contributed by atoms with Crippen LogP contribution in [0, 0.1) is 0 Å². The number of rotatable bonds is 3. The first-order valence-corrected chi connectivity index (χ1v) is 6.12. The molecule has 0 fully saturated rings. The van der Waals surface area contributed by atoms with Gasteiger partial charge < -0.3 is 0 Å². The van der Waals surface area contributed by atoms with Crippen molar-refractivity contribution in [1.29, 1.82) is 0 Å². The van der Waals surface area contributed by atoms with Crippen molar-refractivity contribution < 1.29 is 0 Å². The monoisotopic (exact) mass is 238 g/mol.